The molecule has 0 aromatic heterocycles. The van der Waals surface area contributed by atoms with Crippen molar-refractivity contribution < 1.29 is 22.9 Å². The SMILES string of the molecule is C[Si](C)(C)C[C]1([Hf][C]2(C[Si](C)(C)C)C=CC=C2)C=CC=C1. The predicted molar refractivity (Wildman–Crippen MR) is 98.3 cm³/mol. The average molecular weight is 481 g/mol. The quantitative estimate of drug-likeness (QED) is 0.390. The molecule has 0 aromatic carbocycles. The Kier molecular flexibility index (Phi) is 5.07. The van der Waals surface area contributed by atoms with Crippen LogP contribution in [0.5, 0.6) is 0 Å². The molecule has 0 unspecified atom stereocenters. The van der Waals surface area contributed by atoms with Crippen molar-refractivity contribution in [3.05, 3.63) is 48.6 Å². The predicted octanol–water partition coefficient (Wildman–Crippen LogP) is 6.31. The molecule has 0 bridgehead atoms. The van der Waals surface area contributed by atoms with Crippen LogP contribution in [-0.4, -0.2) is 16.1 Å². The van der Waals surface area contributed by atoms with Crippen LogP contribution >= 0.6 is 0 Å². The molecule has 0 atom stereocenters. The molecule has 0 saturated heterocycles. The first kappa shape index (κ1) is 17.6. The topological polar surface area (TPSA) is 0 Å². The van der Waals surface area contributed by atoms with Gasteiger partial charge < -0.3 is 0 Å². The number of hydrogen-bond donors (Lipinski definition) is 0. The van der Waals surface area contributed by atoms with Crippen molar-refractivity contribution in [1.82, 2.24) is 0 Å². The van der Waals surface area contributed by atoms with Crippen LogP contribution in [0.15, 0.2) is 48.6 Å². The van der Waals surface area contributed by atoms with Gasteiger partial charge in [-0.15, -0.1) is 0 Å². The van der Waals surface area contributed by atoms with Gasteiger partial charge in [-0.1, -0.05) is 0 Å². The van der Waals surface area contributed by atoms with Gasteiger partial charge in [-0.2, -0.15) is 0 Å². The maximum absolute atomic E-state index is 2.57. The molecule has 0 amide bonds. The van der Waals surface area contributed by atoms with Crippen LogP contribution in [-0.2, 0) is 22.9 Å². The Hall–Kier alpha value is 0.264. The van der Waals surface area contributed by atoms with Gasteiger partial charge in [0.05, 0.1) is 0 Å². The normalized spacial score (nSPS) is 22.2. The molecule has 114 valence electrons. The van der Waals surface area contributed by atoms with Crippen LogP contribution < -0.4 is 0 Å². The van der Waals surface area contributed by atoms with E-state index in [0.717, 1.165) is 0 Å². The second kappa shape index (κ2) is 6.05. The van der Waals surface area contributed by atoms with E-state index >= 15 is 0 Å². The van der Waals surface area contributed by atoms with Crippen molar-refractivity contribution in [3.63, 3.8) is 0 Å². The third-order valence-electron chi connectivity index (χ3n) is 3.91. The molecule has 0 radical (unpaired) electrons. The summed E-state index contributed by atoms with van der Waals surface area (Å²) in [6.07, 6.45) is 19.5. The first-order chi connectivity index (χ1) is 9.54. The van der Waals surface area contributed by atoms with Crippen LogP contribution in [0.2, 0.25) is 57.7 Å². The summed E-state index contributed by atoms with van der Waals surface area (Å²) in [4.78, 5) is 0. The molecule has 0 heterocycles. The summed E-state index contributed by atoms with van der Waals surface area (Å²) < 4.78 is 0.978. The molecule has 0 aromatic rings. The van der Waals surface area contributed by atoms with Crippen molar-refractivity contribution in [2.24, 2.45) is 0 Å². The van der Waals surface area contributed by atoms with Crippen molar-refractivity contribution in [3.8, 4) is 0 Å². The third kappa shape index (κ3) is 5.14. The second-order valence-electron chi connectivity index (χ2n) is 9.12. The first-order valence-electron chi connectivity index (χ1n) is 8.07. The van der Waals surface area contributed by atoms with E-state index < -0.39 is 39.1 Å². The molecule has 21 heavy (non-hydrogen) atoms. The summed E-state index contributed by atoms with van der Waals surface area (Å²) in [5.41, 5.74) is 0. The third-order valence-corrected chi connectivity index (χ3v) is 16.7. The van der Waals surface area contributed by atoms with E-state index in [1.54, 1.807) is 0 Å². The van der Waals surface area contributed by atoms with Crippen molar-refractivity contribution >= 4 is 16.1 Å². The van der Waals surface area contributed by atoms with Gasteiger partial charge in [0.15, 0.2) is 0 Å². The Labute approximate surface area is 144 Å². The van der Waals surface area contributed by atoms with Crippen LogP contribution in [0.3, 0.4) is 0 Å². The van der Waals surface area contributed by atoms with Gasteiger partial charge in [0.2, 0.25) is 0 Å². The summed E-state index contributed by atoms with van der Waals surface area (Å²) in [5.74, 6) is 0. The Morgan fingerprint density at radius 1 is 0.619 bits per heavy atom. The molecule has 2 rings (SSSR count). The second-order valence-corrected chi connectivity index (χ2v) is 27.7. The van der Waals surface area contributed by atoms with Gasteiger partial charge >= 0.3 is 145 Å². The van der Waals surface area contributed by atoms with E-state index in [4.69, 9.17) is 0 Å². The van der Waals surface area contributed by atoms with Gasteiger partial charge in [0, 0.05) is 0 Å². The molecule has 2 aliphatic carbocycles. The maximum atomic E-state index is 2.57. The van der Waals surface area contributed by atoms with E-state index in [-0.39, 0.29) is 0 Å². The summed E-state index contributed by atoms with van der Waals surface area (Å²) in [5, 5.41) is 0. The Morgan fingerprint density at radius 3 is 1.14 bits per heavy atom. The molecule has 0 aliphatic heterocycles. The standard InChI is InChI=1S/2C9H15Si.Hf/c2*1-10(2,3)8-9-6-4-5-7-9;/h2*4-7H,8H2,1-3H3;. The Bertz CT molecular complexity index is 428. The summed E-state index contributed by atoms with van der Waals surface area (Å²) in [6, 6.07) is 2.90. The van der Waals surface area contributed by atoms with Gasteiger partial charge in [-0.05, 0) is 0 Å². The molecule has 0 nitrogen and oxygen atoms in total. The van der Waals surface area contributed by atoms with E-state index in [1.807, 2.05) is 0 Å². The fraction of sp³-hybridized carbons (Fsp3) is 0.556. The zero-order valence-electron chi connectivity index (χ0n) is 14.5. The summed E-state index contributed by atoms with van der Waals surface area (Å²) in [6.45, 7) is 15.2. The van der Waals surface area contributed by atoms with Crippen LogP contribution in [0.25, 0.3) is 0 Å². The molecule has 0 fully saturated rings. The molecule has 2 aliphatic rings. The molecular weight excluding hydrogens is 451 g/mol. The van der Waals surface area contributed by atoms with E-state index in [0.29, 0.717) is 6.34 Å². The Morgan fingerprint density at radius 2 is 0.905 bits per heavy atom. The van der Waals surface area contributed by atoms with Crippen LogP contribution in [0.4, 0.5) is 0 Å². The van der Waals surface area contributed by atoms with E-state index in [9.17, 15) is 0 Å². The molecular formula is C18H30HfSi2. The van der Waals surface area contributed by atoms with Gasteiger partial charge in [0.25, 0.3) is 0 Å². The van der Waals surface area contributed by atoms with Crippen molar-refractivity contribution in [2.75, 3.05) is 0 Å². The monoisotopic (exact) mass is 482 g/mol. The van der Waals surface area contributed by atoms with Crippen LogP contribution in [0, 0.1) is 0 Å². The summed E-state index contributed by atoms with van der Waals surface area (Å²) in [7, 11) is -2.10. The fourth-order valence-corrected chi connectivity index (χ4v) is 26.9. The minimum atomic E-state index is -1.05. The number of hydrogen-bond acceptors (Lipinski definition) is 0. The van der Waals surface area contributed by atoms with Gasteiger partial charge in [-0.25, -0.2) is 0 Å². The Balaban J connectivity index is 2.26. The van der Waals surface area contributed by atoms with Crippen molar-refractivity contribution in [2.45, 2.75) is 57.7 Å². The van der Waals surface area contributed by atoms with Gasteiger partial charge in [-0.3, -0.25) is 0 Å². The van der Waals surface area contributed by atoms with Crippen molar-refractivity contribution in [1.29, 1.82) is 0 Å². The molecule has 3 heteroatoms. The molecule has 0 N–H and O–H groups in total. The molecule has 0 saturated carbocycles. The minimum absolute atomic E-state index is 0.489. The van der Waals surface area contributed by atoms with Gasteiger partial charge in [0.1, 0.15) is 0 Å². The van der Waals surface area contributed by atoms with E-state index in [2.05, 4.69) is 87.9 Å². The molecule has 0 spiro atoms. The van der Waals surface area contributed by atoms with E-state index in [1.165, 1.54) is 12.1 Å². The summed E-state index contributed by atoms with van der Waals surface area (Å²) >= 11 is -0.905. The zero-order chi connectivity index (χ0) is 15.8. The van der Waals surface area contributed by atoms with Crippen LogP contribution in [0.1, 0.15) is 0 Å². The fourth-order valence-electron chi connectivity index (χ4n) is 3.70. The average Bonchev–Trinajstić information content (AvgIpc) is 2.84. The number of allylic oxidation sites excluding steroid dienone is 8. The first-order valence-corrected chi connectivity index (χ1v) is 19.1. The zero-order valence-corrected chi connectivity index (χ0v) is 20.1. The number of rotatable bonds is 6.